The molecule has 84 valence electrons. The van der Waals surface area contributed by atoms with E-state index in [1.165, 1.54) is 14.1 Å². The van der Waals surface area contributed by atoms with Gasteiger partial charge >= 0.3 is 6.18 Å². The number of nitrogens with zero attached hydrogens (tertiary/aromatic N) is 1. The van der Waals surface area contributed by atoms with Gasteiger partial charge < -0.3 is 10.0 Å². The lowest BCUT2D eigenvalue weighted by Crippen LogP contribution is -2.36. The molecule has 1 N–H and O–H groups in total. The summed E-state index contributed by atoms with van der Waals surface area (Å²) in [5.74, 6) is -2.40. The van der Waals surface area contributed by atoms with Gasteiger partial charge in [-0.1, -0.05) is 6.92 Å². The maximum Gasteiger partial charge on any atom is 0.394 e. The Hall–Kier alpha value is -0.780. The summed E-state index contributed by atoms with van der Waals surface area (Å²) in [4.78, 5) is 12.1. The largest absolute Gasteiger partial charge is 0.394 e. The van der Waals surface area contributed by atoms with Crippen LogP contribution in [0.5, 0.6) is 0 Å². The summed E-state index contributed by atoms with van der Waals surface area (Å²) in [6.45, 7) is 0.855. The van der Waals surface area contributed by atoms with Crippen LogP contribution in [0, 0.1) is 5.92 Å². The van der Waals surface area contributed by atoms with Crippen LogP contribution in [-0.2, 0) is 4.79 Å². The first-order chi connectivity index (χ1) is 6.16. The normalized spacial score (nSPS) is 16.2. The highest BCUT2D eigenvalue weighted by atomic mass is 19.4. The highest BCUT2D eigenvalue weighted by Gasteiger charge is 2.41. The molecule has 14 heavy (non-hydrogen) atoms. The van der Waals surface area contributed by atoms with Gasteiger partial charge in [0.2, 0.25) is 5.91 Å². The van der Waals surface area contributed by atoms with E-state index in [9.17, 15) is 18.0 Å². The molecule has 0 fully saturated rings. The molecule has 0 aromatic rings. The predicted octanol–water partition coefficient (Wildman–Crippen LogP) is 1.02. The lowest BCUT2D eigenvalue weighted by Gasteiger charge is -2.22. The molecule has 1 amide bonds. The molecule has 0 spiro atoms. The van der Waals surface area contributed by atoms with E-state index in [1.54, 1.807) is 0 Å². The predicted molar refractivity (Wildman–Crippen MR) is 44.5 cm³/mol. The molecule has 0 aliphatic carbocycles. The van der Waals surface area contributed by atoms with Crippen molar-refractivity contribution < 1.29 is 23.1 Å². The van der Waals surface area contributed by atoms with Gasteiger partial charge in [0.15, 0.2) is 0 Å². The van der Waals surface area contributed by atoms with Crippen molar-refractivity contribution in [3.63, 3.8) is 0 Å². The van der Waals surface area contributed by atoms with E-state index in [2.05, 4.69) is 0 Å². The van der Waals surface area contributed by atoms with Crippen LogP contribution in [0.25, 0.3) is 0 Å². The second-order valence-corrected chi connectivity index (χ2v) is 3.39. The van der Waals surface area contributed by atoms with Crippen LogP contribution >= 0.6 is 0 Å². The van der Waals surface area contributed by atoms with Crippen molar-refractivity contribution in [3.05, 3.63) is 0 Å². The van der Waals surface area contributed by atoms with Crippen LogP contribution in [0.15, 0.2) is 0 Å². The Labute approximate surface area is 80.5 Å². The number of halogens is 3. The number of aliphatic hydroxyl groups excluding tert-OH is 1. The van der Waals surface area contributed by atoms with Gasteiger partial charge in [-0.15, -0.1) is 0 Å². The molecule has 0 aromatic heterocycles. The van der Waals surface area contributed by atoms with Crippen molar-refractivity contribution in [1.82, 2.24) is 4.90 Å². The van der Waals surface area contributed by atoms with Gasteiger partial charge in [-0.3, -0.25) is 4.79 Å². The van der Waals surface area contributed by atoms with E-state index in [4.69, 9.17) is 5.11 Å². The van der Waals surface area contributed by atoms with Crippen LogP contribution in [0.2, 0.25) is 0 Å². The molecule has 0 saturated heterocycles. The molecule has 0 aliphatic heterocycles. The van der Waals surface area contributed by atoms with E-state index in [-0.39, 0.29) is 0 Å². The van der Waals surface area contributed by atoms with Crippen molar-refractivity contribution >= 4 is 5.91 Å². The molecule has 0 bridgehead atoms. The second kappa shape index (κ2) is 4.63. The zero-order chi connectivity index (χ0) is 11.5. The summed E-state index contributed by atoms with van der Waals surface area (Å²) in [5, 5.41) is 9.11. The first-order valence-corrected chi connectivity index (χ1v) is 4.11. The minimum absolute atomic E-state index is 0.506. The van der Waals surface area contributed by atoms with Gasteiger partial charge in [0.05, 0.1) is 18.4 Å². The maximum absolute atomic E-state index is 12.1. The fourth-order valence-electron chi connectivity index (χ4n) is 0.756. The maximum atomic E-state index is 12.1. The average molecular weight is 213 g/mol. The zero-order valence-electron chi connectivity index (χ0n) is 8.30. The van der Waals surface area contributed by atoms with Crippen molar-refractivity contribution in [1.29, 1.82) is 0 Å². The summed E-state index contributed by atoms with van der Waals surface area (Å²) in [5.41, 5.74) is 0. The van der Waals surface area contributed by atoms with E-state index >= 15 is 0 Å². The lowest BCUT2D eigenvalue weighted by molar-refractivity contribution is -0.195. The molecular weight excluding hydrogens is 199 g/mol. The van der Waals surface area contributed by atoms with Gasteiger partial charge in [0, 0.05) is 14.1 Å². The van der Waals surface area contributed by atoms with Crippen LogP contribution in [0.1, 0.15) is 13.3 Å². The van der Waals surface area contributed by atoms with E-state index in [1.807, 2.05) is 0 Å². The fourth-order valence-corrected chi connectivity index (χ4v) is 0.756. The fraction of sp³-hybridized carbons (Fsp3) is 0.875. The monoisotopic (exact) mass is 213 g/mol. The van der Waals surface area contributed by atoms with Gasteiger partial charge in [-0.2, -0.15) is 13.2 Å². The van der Waals surface area contributed by atoms with Crippen molar-refractivity contribution in [3.8, 4) is 0 Å². The van der Waals surface area contributed by atoms with Crippen LogP contribution in [0.3, 0.4) is 0 Å². The number of carbonyl (C=O) groups excluding carboxylic acids is 1. The average Bonchev–Trinajstić information content (AvgIpc) is 2.00. The summed E-state index contributed by atoms with van der Waals surface area (Å²) in [6, 6.07) is 0. The summed E-state index contributed by atoms with van der Waals surface area (Å²) >= 11 is 0. The molecule has 0 heterocycles. The third kappa shape index (κ3) is 3.95. The first kappa shape index (κ1) is 13.2. The molecule has 3 nitrogen and oxygen atoms in total. The van der Waals surface area contributed by atoms with Gasteiger partial charge in [0.25, 0.3) is 0 Å². The third-order valence-electron chi connectivity index (χ3n) is 1.98. The summed E-state index contributed by atoms with van der Waals surface area (Å²) in [6.07, 6.45) is -6.65. The molecular formula is C8H14F3NO2. The Morgan fingerprint density at radius 2 is 1.86 bits per heavy atom. The molecule has 0 aliphatic rings. The molecule has 2 atom stereocenters. The number of alkyl halides is 3. The standard InChI is InChI=1S/C8H14F3NO2/c1-5(8(9,10)11)6(13)4-7(14)12(2)3/h5-6,13H,4H2,1-3H3/t5-,6+/m0/s1. The van der Waals surface area contributed by atoms with E-state index < -0.39 is 30.5 Å². The highest BCUT2D eigenvalue weighted by Crippen LogP contribution is 2.29. The molecule has 0 aromatic carbocycles. The SMILES string of the molecule is C[C@@H]([C@H](O)CC(=O)N(C)C)C(F)(F)F. The van der Waals surface area contributed by atoms with Gasteiger partial charge in [-0.25, -0.2) is 0 Å². The number of carbonyl (C=O) groups is 1. The minimum atomic E-state index is -4.47. The Morgan fingerprint density at radius 1 is 1.43 bits per heavy atom. The van der Waals surface area contributed by atoms with Crippen molar-refractivity contribution in [2.24, 2.45) is 5.92 Å². The molecule has 0 unspecified atom stereocenters. The van der Waals surface area contributed by atoms with Crippen molar-refractivity contribution in [2.45, 2.75) is 25.6 Å². The van der Waals surface area contributed by atoms with Crippen molar-refractivity contribution in [2.75, 3.05) is 14.1 Å². The zero-order valence-corrected chi connectivity index (χ0v) is 8.30. The van der Waals surface area contributed by atoms with E-state index in [0.29, 0.717) is 0 Å². The Bertz CT molecular complexity index is 203. The third-order valence-corrected chi connectivity index (χ3v) is 1.98. The Kier molecular flexibility index (Phi) is 4.38. The Balaban J connectivity index is 4.22. The first-order valence-electron chi connectivity index (χ1n) is 4.11. The van der Waals surface area contributed by atoms with Crippen LogP contribution in [0.4, 0.5) is 13.2 Å². The summed E-state index contributed by atoms with van der Waals surface area (Å²) < 4.78 is 36.2. The molecule has 0 rings (SSSR count). The highest BCUT2D eigenvalue weighted by molar-refractivity contribution is 5.76. The Morgan fingerprint density at radius 3 is 2.14 bits per heavy atom. The van der Waals surface area contributed by atoms with Crippen LogP contribution < -0.4 is 0 Å². The smallest absolute Gasteiger partial charge is 0.392 e. The minimum Gasteiger partial charge on any atom is -0.392 e. The number of amides is 1. The van der Waals surface area contributed by atoms with Crippen LogP contribution in [-0.4, -0.2) is 42.3 Å². The second-order valence-electron chi connectivity index (χ2n) is 3.39. The number of aliphatic hydroxyl groups is 1. The van der Waals surface area contributed by atoms with Gasteiger partial charge in [-0.05, 0) is 0 Å². The number of hydrogen-bond acceptors (Lipinski definition) is 2. The topological polar surface area (TPSA) is 40.5 Å². The van der Waals surface area contributed by atoms with E-state index in [0.717, 1.165) is 11.8 Å². The van der Waals surface area contributed by atoms with Gasteiger partial charge in [0.1, 0.15) is 0 Å². The summed E-state index contributed by atoms with van der Waals surface area (Å²) in [7, 11) is 2.85. The molecule has 6 heteroatoms. The quantitative estimate of drug-likeness (QED) is 0.760. The lowest BCUT2D eigenvalue weighted by atomic mass is 10.0. The molecule has 0 saturated carbocycles. The number of hydrogen-bond donors (Lipinski definition) is 1. The molecule has 0 radical (unpaired) electrons. The number of rotatable bonds is 3.